The van der Waals surface area contributed by atoms with Gasteiger partial charge in [-0.3, -0.25) is 14.2 Å². The molecule has 36 heavy (non-hydrogen) atoms. The molecule has 0 saturated carbocycles. The molecule has 2 N–H and O–H groups in total. The van der Waals surface area contributed by atoms with Crippen molar-refractivity contribution in [2.75, 3.05) is 25.5 Å². The van der Waals surface area contributed by atoms with Crippen molar-refractivity contribution in [3.63, 3.8) is 0 Å². The van der Waals surface area contributed by atoms with Gasteiger partial charge in [0.15, 0.2) is 16.5 Å². The highest BCUT2D eigenvalue weighted by atomic mass is 35.5. The maximum atomic E-state index is 15.7. The third-order valence-electron chi connectivity index (χ3n) is 5.42. The Morgan fingerprint density at radius 3 is 2.56 bits per heavy atom. The predicted molar refractivity (Wildman–Crippen MR) is 126 cm³/mol. The van der Waals surface area contributed by atoms with Crippen molar-refractivity contribution in [1.82, 2.24) is 20.5 Å². The minimum Gasteiger partial charge on any atom is -0.480 e. The topological polar surface area (TPSA) is 117 Å². The number of halogens is 4. The second-order valence-corrected chi connectivity index (χ2v) is 9.76. The zero-order valence-corrected chi connectivity index (χ0v) is 20.4. The molecule has 0 fully saturated rings. The van der Waals surface area contributed by atoms with Crippen molar-refractivity contribution in [3.05, 3.63) is 64.7 Å². The minimum absolute atomic E-state index is 0.0199. The van der Waals surface area contributed by atoms with Crippen LogP contribution >= 0.6 is 11.6 Å². The van der Waals surface area contributed by atoms with Gasteiger partial charge in [-0.2, -0.15) is 5.10 Å². The molecule has 0 aliphatic heterocycles. The first kappa shape index (κ1) is 25.3. The average molecular weight is 540 g/mol. The molecule has 0 aliphatic carbocycles. The van der Waals surface area contributed by atoms with Crippen LogP contribution < -0.4 is 14.4 Å². The zero-order chi connectivity index (χ0) is 26.4. The lowest BCUT2D eigenvalue weighted by Crippen LogP contribution is -2.28. The van der Waals surface area contributed by atoms with Gasteiger partial charge < -0.3 is 10.1 Å². The molecule has 188 valence electrons. The first-order valence-corrected chi connectivity index (χ1v) is 11.9. The summed E-state index contributed by atoms with van der Waals surface area (Å²) in [7, 11) is -0.915. The fourth-order valence-electron chi connectivity index (χ4n) is 3.59. The Hall–Kier alpha value is -3.84. The lowest BCUT2D eigenvalue weighted by atomic mass is 10.0. The first-order valence-electron chi connectivity index (χ1n) is 10.1. The van der Waals surface area contributed by atoms with Crippen LogP contribution in [0, 0.1) is 17.5 Å². The molecule has 0 spiro atoms. The molecule has 0 bridgehead atoms. The van der Waals surface area contributed by atoms with Gasteiger partial charge in [0, 0.05) is 31.2 Å². The Morgan fingerprint density at radius 1 is 1.17 bits per heavy atom. The maximum absolute atomic E-state index is 15.7. The van der Waals surface area contributed by atoms with E-state index in [1.165, 1.54) is 26.4 Å². The van der Waals surface area contributed by atoms with E-state index in [0.29, 0.717) is 4.31 Å². The number of carbonyl (C=O) groups is 1. The van der Waals surface area contributed by atoms with Gasteiger partial charge in [-0.15, -0.1) is 0 Å². The molecule has 0 radical (unpaired) electrons. The van der Waals surface area contributed by atoms with Gasteiger partial charge in [0.05, 0.1) is 23.4 Å². The van der Waals surface area contributed by atoms with Crippen LogP contribution in [0.5, 0.6) is 5.88 Å². The number of nitrogens with one attached hydrogen (secondary N) is 2. The maximum Gasteiger partial charge on any atom is 0.269 e. The molecule has 14 heteroatoms. The highest BCUT2D eigenvalue weighted by Crippen LogP contribution is 2.38. The molecular weight excluding hydrogens is 523 g/mol. The van der Waals surface area contributed by atoms with E-state index in [2.05, 4.69) is 20.5 Å². The van der Waals surface area contributed by atoms with Gasteiger partial charge in [-0.05, 0) is 24.3 Å². The third-order valence-corrected chi connectivity index (χ3v) is 7.39. The summed E-state index contributed by atoms with van der Waals surface area (Å²) in [6, 6.07) is 5.11. The van der Waals surface area contributed by atoms with Crippen molar-refractivity contribution in [2.45, 2.75) is 4.90 Å². The Balaban J connectivity index is 1.87. The monoisotopic (exact) mass is 539 g/mol. The zero-order valence-electron chi connectivity index (χ0n) is 18.9. The number of aromatic amines is 1. The summed E-state index contributed by atoms with van der Waals surface area (Å²) in [6.07, 6.45) is 1.17. The SMILES string of the molecule is CNC(=O)c1[nH]nc2c(F)c(-c3c(F)ccc(N(C)S(=O)(=O)c4cc(Cl)cnc4OC)c3F)ccc12. The van der Waals surface area contributed by atoms with Gasteiger partial charge >= 0.3 is 0 Å². The number of sulfonamides is 1. The van der Waals surface area contributed by atoms with Gasteiger partial charge in [-0.1, -0.05) is 17.7 Å². The number of anilines is 1. The van der Waals surface area contributed by atoms with Crippen LogP contribution in [0.15, 0.2) is 41.4 Å². The van der Waals surface area contributed by atoms with E-state index >= 15 is 8.78 Å². The Morgan fingerprint density at radius 2 is 1.89 bits per heavy atom. The van der Waals surface area contributed by atoms with Crippen LogP contribution in [0.4, 0.5) is 18.9 Å². The number of rotatable bonds is 6. The summed E-state index contributed by atoms with van der Waals surface area (Å²) in [5.41, 5.74) is -2.30. The number of pyridine rings is 1. The highest BCUT2D eigenvalue weighted by Gasteiger charge is 2.31. The van der Waals surface area contributed by atoms with E-state index in [4.69, 9.17) is 16.3 Å². The summed E-state index contributed by atoms with van der Waals surface area (Å²) < 4.78 is 77.9. The molecule has 4 rings (SSSR count). The van der Waals surface area contributed by atoms with Crippen molar-refractivity contribution in [3.8, 4) is 17.0 Å². The number of benzene rings is 2. The van der Waals surface area contributed by atoms with Gasteiger partial charge in [-0.25, -0.2) is 26.6 Å². The standard InChI is InChI=1S/C22H17ClF3N5O4S/c1-27-21(32)20-12-5-4-11(17(25)19(12)29-30-20)16-13(24)6-7-14(18(16)26)31(2)36(33,34)15-8-10(23)9-28-22(15)35-3/h4-9H,1-3H3,(H,27,32)(H,29,30). The molecule has 4 aromatic rings. The predicted octanol–water partition coefficient (Wildman–Crippen LogP) is 3.89. The number of hydrogen-bond donors (Lipinski definition) is 2. The van der Waals surface area contributed by atoms with E-state index in [9.17, 15) is 17.6 Å². The minimum atomic E-state index is -4.50. The van der Waals surface area contributed by atoms with Crippen molar-refractivity contribution >= 4 is 44.1 Å². The van der Waals surface area contributed by atoms with Crippen LogP contribution in [0.1, 0.15) is 10.5 Å². The number of nitrogens with zero attached hydrogens (tertiary/aromatic N) is 3. The molecule has 2 aromatic carbocycles. The van der Waals surface area contributed by atoms with Crippen LogP contribution in [0.3, 0.4) is 0 Å². The van der Waals surface area contributed by atoms with Gasteiger partial charge in [0.2, 0.25) is 5.88 Å². The Kier molecular flexibility index (Phi) is 6.54. The molecule has 0 unspecified atom stereocenters. The molecular formula is C22H17ClF3N5O4S. The number of methoxy groups -OCH3 is 1. The number of hydrogen-bond acceptors (Lipinski definition) is 6. The molecule has 0 aliphatic rings. The largest absolute Gasteiger partial charge is 0.480 e. The smallest absolute Gasteiger partial charge is 0.269 e. The lowest BCUT2D eigenvalue weighted by Gasteiger charge is -2.22. The van der Waals surface area contributed by atoms with Crippen molar-refractivity contribution in [2.24, 2.45) is 0 Å². The quantitative estimate of drug-likeness (QED) is 0.384. The summed E-state index contributed by atoms with van der Waals surface area (Å²) in [4.78, 5) is 15.3. The number of carbonyl (C=O) groups excluding carboxylic acids is 1. The molecule has 2 aromatic heterocycles. The summed E-state index contributed by atoms with van der Waals surface area (Å²) in [5, 5.41) is 8.58. The number of H-pyrrole nitrogens is 1. The van der Waals surface area contributed by atoms with E-state index in [-0.39, 0.29) is 27.5 Å². The van der Waals surface area contributed by atoms with Gasteiger partial charge in [0.1, 0.15) is 17.0 Å². The molecule has 2 heterocycles. The van der Waals surface area contributed by atoms with Crippen LogP contribution in [0.25, 0.3) is 22.0 Å². The van der Waals surface area contributed by atoms with Gasteiger partial charge in [0.25, 0.3) is 15.9 Å². The van der Waals surface area contributed by atoms with Crippen molar-refractivity contribution < 1.29 is 31.1 Å². The van der Waals surface area contributed by atoms with Crippen molar-refractivity contribution in [1.29, 1.82) is 0 Å². The average Bonchev–Trinajstić information content (AvgIpc) is 3.29. The third kappa shape index (κ3) is 3.99. The Bertz CT molecular complexity index is 1630. The summed E-state index contributed by atoms with van der Waals surface area (Å²) in [5.74, 6) is -4.47. The number of ether oxygens (including phenoxy) is 1. The van der Waals surface area contributed by atoms with E-state index in [1.54, 1.807) is 0 Å². The molecule has 1 amide bonds. The van der Waals surface area contributed by atoms with Crippen LogP contribution in [-0.2, 0) is 10.0 Å². The number of fused-ring (bicyclic) bond motifs is 1. The van der Waals surface area contributed by atoms with E-state index in [0.717, 1.165) is 31.3 Å². The highest BCUT2D eigenvalue weighted by molar-refractivity contribution is 7.92. The van der Waals surface area contributed by atoms with E-state index < -0.39 is 55.1 Å². The van der Waals surface area contributed by atoms with E-state index in [1.807, 2.05) is 0 Å². The molecule has 9 nitrogen and oxygen atoms in total. The first-order chi connectivity index (χ1) is 17.0. The lowest BCUT2D eigenvalue weighted by molar-refractivity contribution is 0.0959. The Labute approximate surface area is 207 Å². The molecule has 0 saturated heterocycles. The second-order valence-electron chi connectivity index (χ2n) is 7.39. The second kappa shape index (κ2) is 9.32. The molecule has 0 atom stereocenters. The normalized spacial score (nSPS) is 11.5. The summed E-state index contributed by atoms with van der Waals surface area (Å²) in [6.45, 7) is 0. The van der Waals surface area contributed by atoms with Crippen LogP contribution in [0.2, 0.25) is 5.02 Å². The number of aromatic nitrogens is 3. The number of amides is 1. The fourth-order valence-corrected chi connectivity index (χ4v) is 5.14. The van der Waals surface area contributed by atoms with Crippen LogP contribution in [-0.4, -0.2) is 50.7 Å². The fraction of sp³-hybridized carbons (Fsp3) is 0.136. The summed E-state index contributed by atoms with van der Waals surface area (Å²) >= 11 is 5.88.